The van der Waals surface area contributed by atoms with Crippen LogP contribution in [0.25, 0.3) is 0 Å². The molecule has 0 atom stereocenters. The average Bonchev–Trinajstić information content (AvgIpc) is 2.63. The molecular weight excluding hydrogens is 283 g/mol. The highest BCUT2D eigenvalue weighted by Crippen LogP contribution is 2.17. The van der Waals surface area contributed by atoms with Gasteiger partial charge in [-0.3, -0.25) is 4.79 Å². The second-order valence-electron chi connectivity index (χ2n) is 3.04. The normalized spacial score (nSPS) is 10.3. The summed E-state index contributed by atoms with van der Waals surface area (Å²) in [6, 6.07) is 1.42. The van der Waals surface area contributed by atoms with Gasteiger partial charge in [0.25, 0.3) is 5.91 Å². The maximum atomic E-state index is 11.8. The van der Waals surface area contributed by atoms with Gasteiger partial charge >= 0.3 is 0 Å². The molecule has 0 saturated heterocycles. The number of aryl methyl sites for hydroxylation is 1. The second kappa shape index (κ2) is 4.95. The van der Waals surface area contributed by atoms with Gasteiger partial charge < -0.3 is 5.32 Å². The van der Waals surface area contributed by atoms with Crippen LogP contribution in [0.3, 0.4) is 0 Å². The van der Waals surface area contributed by atoms with Crippen molar-refractivity contribution in [2.75, 3.05) is 5.32 Å². The number of carbonyl (C=O) groups is 1. The molecule has 2 heterocycles. The van der Waals surface area contributed by atoms with Crippen molar-refractivity contribution < 1.29 is 4.79 Å². The number of anilines is 1. The smallest absolute Gasteiger partial charge is 0.268 e. The Morgan fingerprint density at radius 2 is 2.18 bits per heavy atom. The minimum absolute atomic E-state index is 0.0201. The maximum absolute atomic E-state index is 11.8. The Morgan fingerprint density at radius 1 is 1.41 bits per heavy atom. The van der Waals surface area contributed by atoms with Crippen LogP contribution in [0.15, 0.2) is 12.3 Å². The molecule has 0 aliphatic carbocycles. The van der Waals surface area contributed by atoms with Gasteiger partial charge in [-0.15, -0.1) is 11.3 Å². The Bertz CT molecular complexity index is 552. The molecule has 0 radical (unpaired) electrons. The molecule has 5 nitrogen and oxygen atoms in total. The number of carbonyl (C=O) groups excluding carboxylic acids is 1. The minimum Gasteiger partial charge on any atom is -0.306 e. The first-order chi connectivity index (χ1) is 8.04. The monoisotopic (exact) mass is 288 g/mol. The van der Waals surface area contributed by atoms with Crippen molar-refractivity contribution in [1.82, 2.24) is 15.0 Å². The number of nitrogens with zero attached hydrogens (tertiary/aromatic N) is 3. The van der Waals surface area contributed by atoms with E-state index >= 15 is 0 Å². The number of thiazole rings is 1. The van der Waals surface area contributed by atoms with Crippen LogP contribution in [0.2, 0.25) is 10.4 Å². The van der Waals surface area contributed by atoms with Crippen molar-refractivity contribution in [3.63, 3.8) is 0 Å². The lowest BCUT2D eigenvalue weighted by Crippen LogP contribution is -2.11. The fourth-order valence-corrected chi connectivity index (χ4v) is 2.18. The molecule has 0 spiro atoms. The van der Waals surface area contributed by atoms with Crippen LogP contribution in [0.4, 0.5) is 5.82 Å². The summed E-state index contributed by atoms with van der Waals surface area (Å²) in [5, 5.41) is 3.53. The van der Waals surface area contributed by atoms with Gasteiger partial charge in [0, 0.05) is 6.07 Å². The Kier molecular flexibility index (Phi) is 3.56. The van der Waals surface area contributed by atoms with E-state index in [1.165, 1.54) is 23.6 Å². The van der Waals surface area contributed by atoms with E-state index in [1.54, 1.807) is 0 Å². The molecule has 0 saturated carbocycles. The summed E-state index contributed by atoms with van der Waals surface area (Å²) in [5.41, 5.74) is 0. The summed E-state index contributed by atoms with van der Waals surface area (Å²) in [6.45, 7) is 1.82. The fourth-order valence-electron chi connectivity index (χ4n) is 1.10. The first kappa shape index (κ1) is 12.2. The molecule has 0 aliphatic rings. The highest BCUT2D eigenvalue weighted by Gasteiger charge is 2.11. The van der Waals surface area contributed by atoms with Crippen LogP contribution < -0.4 is 5.32 Å². The van der Waals surface area contributed by atoms with Crippen LogP contribution in [-0.4, -0.2) is 20.9 Å². The van der Waals surface area contributed by atoms with E-state index in [0.29, 0.717) is 4.88 Å². The molecule has 17 heavy (non-hydrogen) atoms. The first-order valence-corrected chi connectivity index (χ1v) is 6.06. The number of aromatic nitrogens is 3. The maximum Gasteiger partial charge on any atom is 0.268 e. The third kappa shape index (κ3) is 3.12. The van der Waals surface area contributed by atoms with E-state index in [-0.39, 0.29) is 22.2 Å². The standard InChI is InChI=1S/C9H6Cl2N4OS/c1-4-12-3-5(17-4)8(16)14-7-2-6(10)13-9(11)15-7/h2-3H,1H3,(H,13,14,15,16). The third-order valence-corrected chi connectivity index (χ3v) is 3.03. The summed E-state index contributed by atoms with van der Waals surface area (Å²) in [6.07, 6.45) is 1.50. The van der Waals surface area contributed by atoms with E-state index in [1.807, 2.05) is 6.92 Å². The second-order valence-corrected chi connectivity index (χ2v) is 5.00. The summed E-state index contributed by atoms with van der Waals surface area (Å²) >= 11 is 12.6. The van der Waals surface area contributed by atoms with Gasteiger partial charge in [0.15, 0.2) is 0 Å². The zero-order valence-electron chi connectivity index (χ0n) is 8.57. The minimum atomic E-state index is -0.304. The van der Waals surface area contributed by atoms with Crippen LogP contribution in [-0.2, 0) is 0 Å². The summed E-state index contributed by atoms with van der Waals surface area (Å²) in [7, 11) is 0. The predicted octanol–water partition coefficient (Wildman–Crippen LogP) is 2.80. The van der Waals surface area contributed by atoms with Crippen molar-refractivity contribution >= 4 is 46.3 Å². The van der Waals surface area contributed by atoms with Gasteiger partial charge in [0.2, 0.25) is 5.28 Å². The van der Waals surface area contributed by atoms with Gasteiger partial charge in [-0.2, -0.15) is 0 Å². The van der Waals surface area contributed by atoms with Crippen LogP contribution in [0.5, 0.6) is 0 Å². The first-order valence-electron chi connectivity index (χ1n) is 4.48. The number of halogens is 2. The lowest BCUT2D eigenvalue weighted by atomic mass is 10.5. The topological polar surface area (TPSA) is 67.8 Å². The molecule has 0 bridgehead atoms. The summed E-state index contributed by atoms with van der Waals surface area (Å²) < 4.78 is 0. The highest BCUT2D eigenvalue weighted by molar-refractivity contribution is 7.13. The molecule has 0 aliphatic heterocycles. The van der Waals surface area contributed by atoms with E-state index in [0.717, 1.165) is 5.01 Å². The van der Waals surface area contributed by atoms with Crippen molar-refractivity contribution in [2.24, 2.45) is 0 Å². The fraction of sp³-hybridized carbons (Fsp3) is 0.111. The average molecular weight is 289 g/mol. The molecule has 0 unspecified atom stereocenters. The summed E-state index contributed by atoms with van der Waals surface area (Å²) in [5.74, 6) is -0.0486. The Hall–Kier alpha value is -1.24. The van der Waals surface area contributed by atoms with Crippen molar-refractivity contribution in [2.45, 2.75) is 6.92 Å². The van der Waals surface area contributed by atoms with Gasteiger partial charge in [-0.05, 0) is 18.5 Å². The van der Waals surface area contributed by atoms with Crippen molar-refractivity contribution in [3.05, 3.63) is 32.6 Å². The SMILES string of the molecule is Cc1ncc(C(=O)Nc2cc(Cl)nc(Cl)n2)s1. The van der Waals surface area contributed by atoms with Crippen LogP contribution in [0, 0.1) is 6.92 Å². The van der Waals surface area contributed by atoms with E-state index in [4.69, 9.17) is 23.2 Å². The van der Waals surface area contributed by atoms with Crippen molar-refractivity contribution in [3.8, 4) is 0 Å². The molecule has 88 valence electrons. The summed E-state index contributed by atoms with van der Waals surface area (Å²) in [4.78, 5) is 23.7. The van der Waals surface area contributed by atoms with Gasteiger partial charge in [-0.25, -0.2) is 15.0 Å². The molecule has 2 aromatic rings. The molecule has 0 fully saturated rings. The number of nitrogens with one attached hydrogen (secondary N) is 1. The molecule has 0 aromatic carbocycles. The zero-order valence-corrected chi connectivity index (χ0v) is 10.9. The molecule has 2 rings (SSSR count). The zero-order chi connectivity index (χ0) is 12.4. The van der Waals surface area contributed by atoms with E-state index in [9.17, 15) is 4.79 Å². The highest BCUT2D eigenvalue weighted by atomic mass is 35.5. The number of hydrogen-bond donors (Lipinski definition) is 1. The van der Waals surface area contributed by atoms with Crippen LogP contribution in [0.1, 0.15) is 14.7 Å². The molecule has 2 aromatic heterocycles. The lowest BCUT2D eigenvalue weighted by molar-refractivity contribution is 0.103. The molecule has 1 N–H and O–H groups in total. The van der Waals surface area contributed by atoms with Gasteiger partial charge in [0.1, 0.15) is 15.8 Å². The quantitative estimate of drug-likeness (QED) is 0.682. The van der Waals surface area contributed by atoms with E-state index in [2.05, 4.69) is 20.3 Å². The van der Waals surface area contributed by atoms with Crippen LogP contribution >= 0.6 is 34.5 Å². The molecule has 8 heteroatoms. The van der Waals surface area contributed by atoms with Gasteiger partial charge in [0.05, 0.1) is 11.2 Å². The van der Waals surface area contributed by atoms with E-state index < -0.39 is 0 Å². The molecular formula is C9H6Cl2N4OS. The largest absolute Gasteiger partial charge is 0.306 e. The Morgan fingerprint density at radius 3 is 2.76 bits per heavy atom. The third-order valence-electron chi connectivity index (χ3n) is 1.75. The lowest BCUT2D eigenvalue weighted by Gasteiger charge is -2.02. The Balaban J connectivity index is 2.18. The number of rotatable bonds is 2. The molecule has 1 amide bonds. The van der Waals surface area contributed by atoms with Crippen molar-refractivity contribution in [1.29, 1.82) is 0 Å². The Labute approximate surface area is 111 Å². The van der Waals surface area contributed by atoms with Gasteiger partial charge in [-0.1, -0.05) is 11.6 Å². The number of amides is 1. The predicted molar refractivity (Wildman–Crippen MR) is 66.9 cm³/mol. The number of hydrogen-bond acceptors (Lipinski definition) is 5.